The van der Waals surface area contributed by atoms with Gasteiger partial charge >= 0.3 is 5.97 Å². The average molecular weight is 437 g/mol. The Labute approximate surface area is 174 Å². The van der Waals surface area contributed by atoms with Crippen molar-refractivity contribution < 1.29 is 14.3 Å². The van der Waals surface area contributed by atoms with Crippen molar-refractivity contribution >= 4 is 51.3 Å². The number of methoxy groups -OCH3 is 1. The fourth-order valence-electron chi connectivity index (χ4n) is 2.72. The molecular weight excluding hydrogens is 416 g/mol. The topological polar surface area (TPSA) is 97.0 Å². The van der Waals surface area contributed by atoms with Crippen molar-refractivity contribution in [2.75, 3.05) is 24.7 Å². The number of H-pyrrole nitrogens is 1. The maximum absolute atomic E-state index is 12.6. The summed E-state index contributed by atoms with van der Waals surface area (Å²) in [5.74, 6) is -0.325. The largest absolute Gasteiger partial charge is 0.465 e. The number of Topliss-reactive ketones (excluding diaryl/α,β-unsaturated/α-hetero) is 1. The van der Waals surface area contributed by atoms with E-state index in [0.29, 0.717) is 22.5 Å². The van der Waals surface area contributed by atoms with E-state index in [9.17, 15) is 9.59 Å². The molecule has 0 aliphatic heterocycles. The zero-order chi connectivity index (χ0) is 20.1. The van der Waals surface area contributed by atoms with Gasteiger partial charge in [0.25, 0.3) is 0 Å². The van der Waals surface area contributed by atoms with Crippen molar-refractivity contribution in [2.45, 2.75) is 24.6 Å². The number of carbonyl (C=O) groups is 2. The number of esters is 1. The summed E-state index contributed by atoms with van der Waals surface area (Å²) in [4.78, 5) is 28.7. The lowest BCUT2D eigenvalue weighted by molar-refractivity contribution is 0.0599. The second-order valence-corrected chi connectivity index (χ2v) is 9.19. The summed E-state index contributed by atoms with van der Waals surface area (Å²) >= 11 is 4.49. The molecule has 148 valence electrons. The van der Waals surface area contributed by atoms with Crippen LogP contribution in [0.25, 0.3) is 0 Å². The molecule has 0 radical (unpaired) electrons. The first-order valence-electron chi connectivity index (χ1n) is 8.52. The number of ether oxygens (including phenoxy) is 1. The summed E-state index contributed by atoms with van der Waals surface area (Å²) < 4.78 is 5.50. The van der Waals surface area contributed by atoms with Gasteiger partial charge in [0, 0.05) is 17.1 Å². The Kier molecular flexibility index (Phi) is 6.87. The van der Waals surface area contributed by atoms with Crippen LogP contribution >= 0.6 is 34.4 Å². The molecule has 3 aromatic rings. The number of aromatic amines is 1. The first-order chi connectivity index (χ1) is 13.5. The molecule has 0 unspecified atom stereocenters. The zero-order valence-corrected chi connectivity index (χ0v) is 18.1. The molecule has 2 N–H and O–H groups in total. The van der Waals surface area contributed by atoms with E-state index in [1.165, 1.54) is 35.1 Å². The Balaban J connectivity index is 1.54. The number of nitrogens with one attached hydrogen (secondary N) is 2. The van der Waals surface area contributed by atoms with Crippen LogP contribution in [0.2, 0.25) is 0 Å². The molecule has 0 aliphatic rings. The molecule has 0 amide bonds. The number of rotatable bonds is 9. The van der Waals surface area contributed by atoms with Crippen molar-refractivity contribution in [1.29, 1.82) is 0 Å². The van der Waals surface area contributed by atoms with Gasteiger partial charge in [-0.05, 0) is 37.3 Å². The van der Waals surface area contributed by atoms with Gasteiger partial charge in [0.05, 0.1) is 24.1 Å². The summed E-state index contributed by atoms with van der Waals surface area (Å²) in [5, 5.41) is 14.3. The zero-order valence-electron chi connectivity index (χ0n) is 15.7. The van der Waals surface area contributed by atoms with Crippen LogP contribution in [-0.2, 0) is 11.2 Å². The van der Waals surface area contributed by atoms with E-state index >= 15 is 0 Å². The average Bonchev–Trinajstić information content (AvgIpc) is 3.41. The Morgan fingerprint density at radius 3 is 2.86 bits per heavy atom. The van der Waals surface area contributed by atoms with Gasteiger partial charge in [-0.1, -0.05) is 29.2 Å². The van der Waals surface area contributed by atoms with Gasteiger partial charge in [-0.15, -0.1) is 21.5 Å². The molecule has 0 atom stereocenters. The van der Waals surface area contributed by atoms with Gasteiger partial charge < -0.3 is 15.0 Å². The maximum Gasteiger partial charge on any atom is 0.339 e. The lowest BCUT2D eigenvalue weighted by atomic mass is 10.1. The molecule has 7 nitrogen and oxygen atoms in total. The van der Waals surface area contributed by atoms with Gasteiger partial charge in [0.1, 0.15) is 0 Å². The third-order valence-corrected chi connectivity index (χ3v) is 7.02. The van der Waals surface area contributed by atoms with Crippen LogP contribution in [0, 0.1) is 13.8 Å². The first kappa shape index (κ1) is 20.6. The summed E-state index contributed by atoms with van der Waals surface area (Å²) in [5.41, 5.74) is 2.10. The van der Waals surface area contributed by atoms with Crippen molar-refractivity contribution in [3.05, 3.63) is 44.9 Å². The fourth-order valence-corrected chi connectivity index (χ4v) is 5.08. The normalized spacial score (nSPS) is 10.8. The predicted molar refractivity (Wildman–Crippen MR) is 113 cm³/mol. The minimum Gasteiger partial charge on any atom is -0.465 e. The molecule has 0 saturated carbocycles. The highest BCUT2D eigenvalue weighted by Gasteiger charge is 2.22. The minimum absolute atomic E-state index is 0.0943. The number of thioether (sulfide) groups is 1. The smallest absolute Gasteiger partial charge is 0.339 e. The van der Waals surface area contributed by atoms with Crippen molar-refractivity contribution in [2.24, 2.45) is 0 Å². The van der Waals surface area contributed by atoms with Gasteiger partial charge in [-0.2, -0.15) is 0 Å². The number of aromatic nitrogens is 3. The van der Waals surface area contributed by atoms with E-state index in [2.05, 4.69) is 31.9 Å². The highest BCUT2D eigenvalue weighted by atomic mass is 32.2. The Bertz CT molecular complexity index is 963. The number of carbonyl (C=O) groups excluding carboxylic acids is 2. The highest BCUT2D eigenvalue weighted by molar-refractivity contribution is 8.01. The summed E-state index contributed by atoms with van der Waals surface area (Å²) in [6.07, 6.45) is 0.937. The Hall–Kier alpha value is -2.17. The lowest BCUT2D eigenvalue weighted by Gasteiger charge is -2.00. The van der Waals surface area contributed by atoms with Crippen LogP contribution in [0.5, 0.6) is 0 Å². The van der Waals surface area contributed by atoms with Crippen LogP contribution in [-0.4, -0.2) is 46.3 Å². The van der Waals surface area contributed by atoms with Crippen molar-refractivity contribution in [3.63, 3.8) is 0 Å². The Morgan fingerprint density at radius 2 is 2.14 bits per heavy atom. The molecule has 0 aromatic carbocycles. The maximum atomic E-state index is 12.6. The molecule has 0 spiro atoms. The highest BCUT2D eigenvalue weighted by Crippen LogP contribution is 2.27. The van der Waals surface area contributed by atoms with Gasteiger partial charge in [0.2, 0.25) is 5.13 Å². The number of hydrogen-bond acceptors (Lipinski definition) is 9. The third kappa shape index (κ3) is 4.81. The predicted octanol–water partition coefficient (Wildman–Crippen LogP) is 3.96. The number of hydrogen-bond donors (Lipinski definition) is 2. The first-order valence-corrected chi connectivity index (χ1v) is 11.2. The summed E-state index contributed by atoms with van der Waals surface area (Å²) in [7, 11) is 1.33. The molecule has 0 fully saturated rings. The van der Waals surface area contributed by atoms with E-state index in [4.69, 9.17) is 4.74 Å². The van der Waals surface area contributed by atoms with Gasteiger partial charge in [0.15, 0.2) is 10.1 Å². The molecule has 28 heavy (non-hydrogen) atoms. The number of nitrogens with zero attached hydrogens (tertiary/aromatic N) is 2. The van der Waals surface area contributed by atoms with E-state index in [1.54, 1.807) is 25.2 Å². The van der Waals surface area contributed by atoms with Crippen molar-refractivity contribution in [1.82, 2.24) is 15.2 Å². The molecule has 0 bridgehead atoms. The van der Waals surface area contributed by atoms with Crippen LogP contribution < -0.4 is 5.32 Å². The molecule has 3 aromatic heterocycles. The molecular formula is C18H20N4O3S3. The number of aryl methyl sites for hydroxylation is 1. The standard InChI is InChI=1S/C18H20N4O3S3/c1-10-14(16(24)25-3)11(2)20-15(10)13(23)9-27-18-22-21-17(28-18)19-7-6-12-5-4-8-26-12/h4-5,8,20H,6-7,9H2,1-3H3,(H,19,21). The van der Waals surface area contributed by atoms with E-state index in [-0.39, 0.29) is 11.5 Å². The third-order valence-electron chi connectivity index (χ3n) is 4.07. The SMILES string of the molecule is COC(=O)c1c(C)[nH]c(C(=O)CSc2nnc(NCCc3cccs3)s2)c1C. The fraction of sp³-hybridized carbons (Fsp3) is 0.333. The number of anilines is 1. The quantitative estimate of drug-likeness (QED) is 0.298. The summed E-state index contributed by atoms with van der Waals surface area (Å²) in [6.45, 7) is 4.28. The molecule has 0 saturated heterocycles. The van der Waals surface area contributed by atoms with Crippen LogP contribution in [0.3, 0.4) is 0 Å². The van der Waals surface area contributed by atoms with Crippen molar-refractivity contribution in [3.8, 4) is 0 Å². The van der Waals surface area contributed by atoms with E-state index in [0.717, 1.165) is 22.4 Å². The molecule has 3 rings (SSSR count). The van der Waals surface area contributed by atoms with Crippen LogP contribution in [0.4, 0.5) is 5.13 Å². The van der Waals surface area contributed by atoms with Gasteiger partial charge in [-0.3, -0.25) is 4.79 Å². The second-order valence-electron chi connectivity index (χ2n) is 5.96. The number of ketones is 1. The van der Waals surface area contributed by atoms with Crippen LogP contribution in [0.15, 0.2) is 21.9 Å². The van der Waals surface area contributed by atoms with Crippen LogP contribution in [0.1, 0.15) is 37.0 Å². The lowest BCUT2D eigenvalue weighted by Crippen LogP contribution is -2.07. The Morgan fingerprint density at radius 1 is 1.32 bits per heavy atom. The number of thiophene rings is 1. The second kappa shape index (κ2) is 9.35. The van der Waals surface area contributed by atoms with E-state index < -0.39 is 5.97 Å². The summed E-state index contributed by atoms with van der Waals surface area (Å²) in [6, 6.07) is 4.15. The van der Waals surface area contributed by atoms with E-state index in [1.807, 2.05) is 6.07 Å². The molecule has 0 aliphatic carbocycles. The monoisotopic (exact) mass is 436 g/mol. The molecule has 10 heteroatoms. The molecule has 3 heterocycles. The minimum atomic E-state index is -0.444. The van der Waals surface area contributed by atoms with Gasteiger partial charge in [-0.25, -0.2) is 4.79 Å².